The predicted molar refractivity (Wildman–Crippen MR) is 104 cm³/mol. The fraction of sp³-hybridized carbons (Fsp3) is 0.238. The van der Waals surface area contributed by atoms with Crippen LogP contribution in [-0.2, 0) is 14.3 Å². The number of esters is 1. The number of carbonyl (C=O) groups excluding carboxylic acids is 2. The molecule has 0 aliphatic heterocycles. The SMILES string of the molecule is CSc1ccc(/C=C/C(=O)O[C@@H](C(=O)NC2CC2)c2ccccc2)cc1. The van der Waals surface area contributed by atoms with Gasteiger partial charge in [0.05, 0.1) is 0 Å². The molecule has 0 unspecified atom stereocenters. The lowest BCUT2D eigenvalue weighted by molar-refractivity contribution is -0.151. The molecule has 5 heteroatoms. The van der Waals surface area contributed by atoms with Gasteiger partial charge in [-0.15, -0.1) is 11.8 Å². The van der Waals surface area contributed by atoms with Crippen LogP contribution in [0.3, 0.4) is 0 Å². The van der Waals surface area contributed by atoms with E-state index in [-0.39, 0.29) is 11.9 Å². The smallest absolute Gasteiger partial charge is 0.331 e. The standard InChI is InChI=1S/C21H21NO3S/c1-26-18-12-7-15(8-13-18)9-14-19(23)25-20(16-5-3-2-4-6-16)21(24)22-17-10-11-17/h2-9,12-14,17,20H,10-11H2,1H3,(H,22,24)/b14-9+/t20-/m1/s1. The molecule has 1 aliphatic rings. The fourth-order valence-corrected chi connectivity index (χ4v) is 2.85. The van der Waals surface area contributed by atoms with E-state index in [0.717, 1.165) is 23.3 Å². The second-order valence-electron chi connectivity index (χ2n) is 6.12. The van der Waals surface area contributed by atoms with Crippen LogP contribution in [0.15, 0.2) is 65.6 Å². The minimum atomic E-state index is -0.937. The molecule has 0 spiro atoms. The fourth-order valence-electron chi connectivity index (χ4n) is 2.44. The van der Waals surface area contributed by atoms with Crippen LogP contribution in [0.4, 0.5) is 0 Å². The van der Waals surface area contributed by atoms with Gasteiger partial charge >= 0.3 is 5.97 Å². The van der Waals surface area contributed by atoms with Crippen molar-refractivity contribution in [2.75, 3.05) is 6.26 Å². The van der Waals surface area contributed by atoms with Crippen LogP contribution in [0.1, 0.15) is 30.1 Å². The molecule has 1 saturated carbocycles. The maximum Gasteiger partial charge on any atom is 0.331 e. The maximum absolute atomic E-state index is 12.5. The Hall–Kier alpha value is -2.53. The molecule has 1 fully saturated rings. The van der Waals surface area contributed by atoms with Crippen molar-refractivity contribution < 1.29 is 14.3 Å². The van der Waals surface area contributed by atoms with E-state index >= 15 is 0 Å². The number of ether oxygens (including phenoxy) is 1. The van der Waals surface area contributed by atoms with Crippen LogP contribution in [0, 0.1) is 0 Å². The second kappa shape index (κ2) is 8.72. The van der Waals surface area contributed by atoms with E-state index in [1.54, 1.807) is 30.0 Å². The van der Waals surface area contributed by atoms with Crippen molar-refractivity contribution in [1.29, 1.82) is 0 Å². The third kappa shape index (κ3) is 5.23. The Balaban J connectivity index is 1.67. The van der Waals surface area contributed by atoms with Crippen LogP contribution in [0.2, 0.25) is 0 Å². The number of rotatable bonds is 7. The summed E-state index contributed by atoms with van der Waals surface area (Å²) in [6.45, 7) is 0. The number of amides is 1. The number of carbonyl (C=O) groups is 2. The summed E-state index contributed by atoms with van der Waals surface area (Å²) in [7, 11) is 0. The molecule has 1 atom stereocenters. The first-order chi connectivity index (χ1) is 12.7. The lowest BCUT2D eigenvalue weighted by atomic mass is 10.1. The van der Waals surface area contributed by atoms with E-state index in [9.17, 15) is 9.59 Å². The summed E-state index contributed by atoms with van der Waals surface area (Å²) in [5, 5.41) is 2.90. The van der Waals surface area contributed by atoms with Crippen molar-refractivity contribution in [3.63, 3.8) is 0 Å². The molecule has 0 heterocycles. The Bertz CT molecular complexity index is 783. The van der Waals surface area contributed by atoms with Gasteiger partial charge in [-0.05, 0) is 42.9 Å². The van der Waals surface area contributed by atoms with Crippen molar-refractivity contribution in [3.8, 4) is 0 Å². The van der Waals surface area contributed by atoms with E-state index in [2.05, 4.69) is 5.32 Å². The highest BCUT2D eigenvalue weighted by atomic mass is 32.2. The Morgan fingerprint density at radius 2 is 1.81 bits per heavy atom. The molecule has 2 aromatic carbocycles. The molecule has 1 aliphatic carbocycles. The summed E-state index contributed by atoms with van der Waals surface area (Å²) in [4.78, 5) is 25.9. The number of thioether (sulfide) groups is 1. The molecular formula is C21H21NO3S. The Kier molecular flexibility index (Phi) is 6.12. The molecule has 1 amide bonds. The molecule has 0 aromatic heterocycles. The first-order valence-electron chi connectivity index (χ1n) is 8.54. The van der Waals surface area contributed by atoms with Gasteiger partial charge in [0.1, 0.15) is 0 Å². The highest BCUT2D eigenvalue weighted by molar-refractivity contribution is 7.98. The quantitative estimate of drug-likeness (QED) is 0.457. The zero-order valence-corrected chi connectivity index (χ0v) is 15.4. The van der Waals surface area contributed by atoms with Crippen LogP contribution in [0.5, 0.6) is 0 Å². The highest BCUT2D eigenvalue weighted by Crippen LogP contribution is 2.23. The van der Waals surface area contributed by atoms with Crippen molar-refractivity contribution in [2.24, 2.45) is 0 Å². The molecule has 2 aromatic rings. The van der Waals surface area contributed by atoms with Gasteiger partial charge in [0.25, 0.3) is 5.91 Å². The Morgan fingerprint density at radius 1 is 1.12 bits per heavy atom. The summed E-state index contributed by atoms with van der Waals surface area (Å²) >= 11 is 1.66. The van der Waals surface area contributed by atoms with Gasteiger partial charge in [-0.25, -0.2) is 4.79 Å². The summed E-state index contributed by atoms with van der Waals surface area (Å²) < 4.78 is 5.45. The average molecular weight is 367 g/mol. The molecule has 134 valence electrons. The lowest BCUT2D eigenvalue weighted by Crippen LogP contribution is -2.33. The van der Waals surface area contributed by atoms with Gasteiger partial charge in [0.15, 0.2) is 0 Å². The molecule has 0 radical (unpaired) electrons. The van der Waals surface area contributed by atoms with E-state index in [4.69, 9.17) is 4.74 Å². The average Bonchev–Trinajstić information content (AvgIpc) is 3.49. The number of hydrogen-bond acceptors (Lipinski definition) is 4. The van der Waals surface area contributed by atoms with E-state index in [1.807, 2.05) is 48.7 Å². The largest absolute Gasteiger partial charge is 0.444 e. The molecule has 3 rings (SSSR count). The third-order valence-electron chi connectivity index (χ3n) is 4.03. The van der Waals surface area contributed by atoms with Crippen molar-refractivity contribution in [2.45, 2.75) is 29.9 Å². The van der Waals surface area contributed by atoms with Gasteiger partial charge in [-0.2, -0.15) is 0 Å². The number of hydrogen-bond donors (Lipinski definition) is 1. The van der Waals surface area contributed by atoms with Crippen molar-refractivity contribution in [3.05, 3.63) is 71.8 Å². The summed E-state index contributed by atoms with van der Waals surface area (Å²) in [5.41, 5.74) is 1.56. The zero-order chi connectivity index (χ0) is 18.4. The Labute approximate surface area is 157 Å². The third-order valence-corrected chi connectivity index (χ3v) is 4.77. The van der Waals surface area contributed by atoms with Crippen molar-refractivity contribution in [1.82, 2.24) is 5.32 Å². The monoisotopic (exact) mass is 367 g/mol. The topological polar surface area (TPSA) is 55.4 Å². The molecule has 0 saturated heterocycles. The molecule has 1 N–H and O–H groups in total. The van der Waals surface area contributed by atoms with Gasteiger partial charge in [-0.1, -0.05) is 42.5 Å². The summed E-state index contributed by atoms with van der Waals surface area (Å²) in [5.74, 6) is -0.816. The lowest BCUT2D eigenvalue weighted by Gasteiger charge is -2.17. The van der Waals surface area contributed by atoms with E-state index in [0.29, 0.717) is 5.56 Å². The molecule has 26 heavy (non-hydrogen) atoms. The summed E-state index contributed by atoms with van der Waals surface area (Å²) in [6, 6.07) is 17.1. The van der Waals surface area contributed by atoms with Crippen LogP contribution in [0.25, 0.3) is 6.08 Å². The number of benzene rings is 2. The first kappa shape index (κ1) is 18.3. The first-order valence-corrected chi connectivity index (χ1v) is 9.76. The molecule has 0 bridgehead atoms. The minimum Gasteiger partial charge on any atom is -0.444 e. The van der Waals surface area contributed by atoms with E-state index < -0.39 is 12.1 Å². The highest BCUT2D eigenvalue weighted by Gasteiger charge is 2.30. The number of nitrogens with one attached hydrogen (secondary N) is 1. The molecular weight excluding hydrogens is 346 g/mol. The van der Waals surface area contributed by atoms with Crippen LogP contribution < -0.4 is 5.32 Å². The summed E-state index contributed by atoms with van der Waals surface area (Å²) in [6.07, 6.45) is 6.08. The van der Waals surface area contributed by atoms with Crippen LogP contribution >= 0.6 is 11.8 Å². The van der Waals surface area contributed by atoms with Gasteiger partial charge in [0.2, 0.25) is 6.10 Å². The van der Waals surface area contributed by atoms with E-state index in [1.165, 1.54) is 6.08 Å². The van der Waals surface area contributed by atoms with Gasteiger partial charge in [0, 0.05) is 22.6 Å². The second-order valence-corrected chi connectivity index (χ2v) is 7.00. The predicted octanol–water partition coefficient (Wildman–Crippen LogP) is 3.98. The zero-order valence-electron chi connectivity index (χ0n) is 14.6. The van der Waals surface area contributed by atoms with Crippen molar-refractivity contribution >= 4 is 29.7 Å². The normalized spacial score (nSPS) is 14.8. The van der Waals surface area contributed by atoms with Gasteiger partial charge < -0.3 is 10.1 Å². The molecule has 4 nitrogen and oxygen atoms in total. The maximum atomic E-state index is 12.5. The Morgan fingerprint density at radius 3 is 2.42 bits per heavy atom. The van der Waals surface area contributed by atoms with Gasteiger partial charge in [-0.3, -0.25) is 4.79 Å². The minimum absolute atomic E-state index is 0.206. The van der Waals surface area contributed by atoms with Crippen LogP contribution in [-0.4, -0.2) is 24.2 Å².